The van der Waals surface area contributed by atoms with Crippen LogP contribution in [0.2, 0.25) is 0 Å². The number of hydrogen-bond donors (Lipinski definition) is 1. The van der Waals surface area contributed by atoms with Crippen molar-refractivity contribution in [3.63, 3.8) is 0 Å². The van der Waals surface area contributed by atoms with E-state index in [1.54, 1.807) is 6.07 Å². The third-order valence-electron chi connectivity index (χ3n) is 7.11. The van der Waals surface area contributed by atoms with Crippen LogP contribution in [0.5, 0.6) is 0 Å². The van der Waals surface area contributed by atoms with Gasteiger partial charge in [0.2, 0.25) is 0 Å². The van der Waals surface area contributed by atoms with Gasteiger partial charge in [-0.25, -0.2) is 4.98 Å². The van der Waals surface area contributed by atoms with Crippen molar-refractivity contribution in [2.75, 3.05) is 31.1 Å². The Labute approximate surface area is 182 Å². The molecule has 5 heterocycles. The van der Waals surface area contributed by atoms with Crippen molar-refractivity contribution >= 4 is 11.7 Å². The molecule has 31 heavy (non-hydrogen) atoms. The van der Waals surface area contributed by atoms with Crippen LogP contribution in [0.15, 0.2) is 29.1 Å². The molecule has 2 aromatic rings. The van der Waals surface area contributed by atoms with Crippen molar-refractivity contribution < 1.29 is 4.79 Å². The minimum Gasteiger partial charge on any atom is -0.365 e. The second-order valence-electron chi connectivity index (χ2n) is 9.43. The number of amides is 1. The van der Waals surface area contributed by atoms with Gasteiger partial charge in [-0.15, -0.1) is 0 Å². The first-order valence-electron chi connectivity index (χ1n) is 11.5. The summed E-state index contributed by atoms with van der Waals surface area (Å²) in [5, 5.41) is 0. The maximum absolute atomic E-state index is 13.3. The van der Waals surface area contributed by atoms with E-state index < -0.39 is 5.91 Å². The fourth-order valence-corrected chi connectivity index (χ4v) is 5.62. The molecule has 2 saturated heterocycles. The minimum atomic E-state index is -0.447. The van der Waals surface area contributed by atoms with Crippen LogP contribution < -0.4 is 16.2 Å². The van der Waals surface area contributed by atoms with Crippen LogP contribution in [0.3, 0.4) is 0 Å². The highest BCUT2D eigenvalue weighted by atomic mass is 16.1. The second kappa shape index (κ2) is 8.11. The third-order valence-corrected chi connectivity index (χ3v) is 7.11. The molecule has 0 saturated carbocycles. The molecular formula is C24H31N5O2. The van der Waals surface area contributed by atoms with Crippen LogP contribution in [0, 0.1) is 12.8 Å². The molecule has 0 spiro atoms. The maximum Gasteiger partial charge on any atom is 0.255 e. The van der Waals surface area contributed by atoms with Crippen molar-refractivity contribution in [3.8, 4) is 0 Å². The second-order valence-corrected chi connectivity index (χ2v) is 9.43. The van der Waals surface area contributed by atoms with Crippen molar-refractivity contribution in [3.05, 3.63) is 57.1 Å². The number of rotatable bonds is 4. The molecule has 3 aliphatic rings. The number of hydrogen-bond acceptors (Lipinski definition) is 5. The molecule has 2 atom stereocenters. The average Bonchev–Trinajstić information content (AvgIpc) is 2.76. The SMILES string of the molecule is Cc1ccc(C(N)=O)c(N2C[C@@H]3C[C@H](C2)c2ccc(CN4CCCCC4)c(=O)n2C3)n1. The monoisotopic (exact) mass is 421 g/mol. The zero-order valence-electron chi connectivity index (χ0n) is 18.2. The number of aromatic nitrogens is 2. The standard InChI is InChI=1S/C24H31N5O2/c1-16-5-7-20(22(25)30)23(26-16)28-12-17-11-19(15-28)21-8-6-18(24(31)29(21)13-17)14-27-9-3-2-4-10-27/h5-8,17,19H,2-4,9-15H2,1H3,(H2,25,30)/t17-,19+/m0/s1. The summed E-state index contributed by atoms with van der Waals surface area (Å²) in [4.78, 5) is 34.5. The summed E-state index contributed by atoms with van der Waals surface area (Å²) in [6.45, 7) is 7.13. The van der Waals surface area contributed by atoms with E-state index in [-0.39, 0.29) is 11.5 Å². The van der Waals surface area contributed by atoms with E-state index in [2.05, 4.69) is 20.9 Å². The first-order valence-corrected chi connectivity index (χ1v) is 11.5. The van der Waals surface area contributed by atoms with Crippen molar-refractivity contribution in [2.45, 2.75) is 51.6 Å². The number of likely N-dealkylation sites (tertiary alicyclic amines) is 1. The summed E-state index contributed by atoms with van der Waals surface area (Å²) in [5.74, 6) is 0.849. The normalized spacial score (nSPS) is 23.5. The molecule has 2 fully saturated rings. The highest BCUT2D eigenvalue weighted by Crippen LogP contribution is 2.37. The number of carbonyl (C=O) groups excluding carboxylic acids is 1. The van der Waals surface area contributed by atoms with Gasteiger partial charge in [0.15, 0.2) is 0 Å². The first kappa shape index (κ1) is 20.2. The van der Waals surface area contributed by atoms with Crippen molar-refractivity contribution in [2.24, 2.45) is 11.7 Å². The zero-order chi connectivity index (χ0) is 21.5. The molecule has 7 nitrogen and oxygen atoms in total. The highest BCUT2D eigenvalue weighted by molar-refractivity contribution is 5.97. The van der Waals surface area contributed by atoms with Crippen LogP contribution >= 0.6 is 0 Å². The molecule has 2 aromatic heterocycles. The van der Waals surface area contributed by atoms with Gasteiger partial charge < -0.3 is 15.2 Å². The predicted octanol–water partition coefficient (Wildman–Crippen LogP) is 2.26. The van der Waals surface area contributed by atoms with Gasteiger partial charge >= 0.3 is 0 Å². The molecule has 0 unspecified atom stereocenters. The minimum absolute atomic E-state index is 0.178. The van der Waals surface area contributed by atoms with Gasteiger partial charge in [0.25, 0.3) is 11.5 Å². The lowest BCUT2D eigenvalue weighted by atomic mass is 9.82. The summed E-state index contributed by atoms with van der Waals surface area (Å²) in [6.07, 6.45) is 4.82. The lowest BCUT2D eigenvalue weighted by Gasteiger charge is -2.43. The lowest BCUT2D eigenvalue weighted by molar-refractivity contribution is 0.1000. The number of piperidine rings is 2. The van der Waals surface area contributed by atoms with Gasteiger partial charge in [0, 0.05) is 49.0 Å². The van der Waals surface area contributed by atoms with Crippen LogP contribution in [0.25, 0.3) is 0 Å². The Balaban J connectivity index is 1.42. The number of primary amides is 1. The van der Waals surface area contributed by atoms with E-state index in [1.165, 1.54) is 19.3 Å². The molecule has 0 aliphatic carbocycles. The summed E-state index contributed by atoms with van der Waals surface area (Å²) < 4.78 is 2.02. The molecule has 5 rings (SSSR count). The number of carbonyl (C=O) groups is 1. The Hall–Kier alpha value is -2.67. The van der Waals surface area contributed by atoms with E-state index in [1.807, 2.05) is 23.6 Å². The number of nitrogens with zero attached hydrogens (tertiary/aromatic N) is 4. The third kappa shape index (κ3) is 3.87. The fourth-order valence-electron chi connectivity index (χ4n) is 5.62. The van der Waals surface area contributed by atoms with Crippen LogP contribution in [0.1, 0.15) is 58.9 Å². The average molecular weight is 422 g/mol. The summed E-state index contributed by atoms with van der Waals surface area (Å²) in [6, 6.07) is 7.80. The largest absolute Gasteiger partial charge is 0.365 e. The molecule has 7 heteroatoms. The Kier molecular flexibility index (Phi) is 5.30. The number of nitrogens with two attached hydrogens (primary N) is 1. The first-order chi connectivity index (χ1) is 15.0. The Morgan fingerprint density at radius 3 is 2.68 bits per heavy atom. The fraction of sp³-hybridized carbons (Fsp3) is 0.542. The van der Waals surface area contributed by atoms with Crippen LogP contribution in [-0.2, 0) is 13.1 Å². The van der Waals surface area contributed by atoms with E-state index in [4.69, 9.17) is 5.73 Å². The molecule has 3 aliphatic heterocycles. The van der Waals surface area contributed by atoms with Crippen LogP contribution in [0.4, 0.5) is 5.82 Å². The van der Waals surface area contributed by atoms with Gasteiger partial charge in [-0.2, -0.15) is 0 Å². The molecule has 2 bridgehead atoms. The van der Waals surface area contributed by atoms with Gasteiger partial charge in [-0.1, -0.05) is 12.5 Å². The van der Waals surface area contributed by atoms with Gasteiger partial charge in [0.05, 0.1) is 5.56 Å². The lowest BCUT2D eigenvalue weighted by Crippen LogP contribution is -2.48. The Morgan fingerprint density at radius 1 is 1.10 bits per heavy atom. The molecular weight excluding hydrogens is 390 g/mol. The van der Waals surface area contributed by atoms with E-state index in [0.29, 0.717) is 17.3 Å². The smallest absolute Gasteiger partial charge is 0.255 e. The van der Waals surface area contributed by atoms with Gasteiger partial charge in [-0.3, -0.25) is 14.5 Å². The molecule has 0 aromatic carbocycles. The number of anilines is 1. The Bertz CT molecular complexity index is 1060. The predicted molar refractivity (Wildman–Crippen MR) is 120 cm³/mol. The molecule has 0 radical (unpaired) electrons. The number of fused-ring (bicyclic) bond motifs is 4. The topological polar surface area (TPSA) is 84.5 Å². The maximum atomic E-state index is 13.3. The number of aryl methyl sites for hydroxylation is 1. The van der Waals surface area contributed by atoms with Crippen molar-refractivity contribution in [1.29, 1.82) is 0 Å². The van der Waals surface area contributed by atoms with E-state index in [9.17, 15) is 9.59 Å². The van der Waals surface area contributed by atoms with E-state index in [0.717, 1.165) is 62.6 Å². The highest BCUT2D eigenvalue weighted by Gasteiger charge is 2.36. The van der Waals surface area contributed by atoms with Gasteiger partial charge in [-0.05, 0) is 63.4 Å². The molecule has 164 valence electrons. The van der Waals surface area contributed by atoms with Crippen molar-refractivity contribution in [1.82, 2.24) is 14.5 Å². The molecule has 1 amide bonds. The quantitative estimate of drug-likeness (QED) is 0.819. The van der Waals surface area contributed by atoms with Crippen LogP contribution in [-0.4, -0.2) is 46.5 Å². The van der Waals surface area contributed by atoms with E-state index >= 15 is 0 Å². The number of pyridine rings is 2. The summed E-state index contributed by atoms with van der Waals surface area (Å²) in [7, 11) is 0. The van der Waals surface area contributed by atoms with Gasteiger partial charge in [0.1, 0.15) is 5.82 Å². The molecule has 2 N–H and O–H groups in total. The zero-order valence-corrected chi connectivity index (χ0v) is 18.2. The summed E-state index contributed by atoms with van der Waals surface area (Å²) >= 11 is 0. The summed E-state index contributed by atoms with van der Waals surface area (Å²) in [5.41, 5.74) is 9.17. The Morgan fingerprint density at radius 2 is 1.90 bits per heavy atom.